The molecule has 2 N–H and O–H groups in total. The predicted octanol–water partition coefficient (Wildman–Crippen LogP) is 2.14. The van der Waals surface area contributed by atoms with Crippen LogP contribution >= 0.6 is 0 Å². The molecule has 0 spiro atoms. The van der Waals surface area contributed by atoms with Crippen molar-refractivity contribution in [3.8, 4) is 0 Å². The molecule has 1 unspecified atom stereocenters. The summed E-state index contributed by atoms with van der Waals surface area (Å²) in [5.74, 6) is 0.128. The molecule has 2 aromatic carbocycles. The summed E-state index contributed by atoms with van der Waals surface area (Å²) in [5, 5.41) is 8.66. The van der Waals surface area contributed by atoms with E-state index in [1.165, 1.54) is 10.8 Å². The third kappa shape index (κ3) is 2.09. The fourth-order valence-electron chi connectivity index (χ4n) is 2.22. The summed E-state index contributed by atoms with van der Waals surface area (Å²) in [5.41, 5.74) is 1.07. The van der Waals surface area contributed by atoms with E-state index in [-0.39, 0.29) is 11.9 Å². The SMILES string of the molecule is O=C1CC(Nc2ccc3ccccc3c2)CN1. The molecule has 1 saturated heterocycles. The van der Waals surface area contributed by atoms with E-state index in [1.807, 2.05) is 12.1 Å². The maximum absolute atomic E-state index is 11.1. The first-order valence-electron chi connectivity index (χ1n) is 5.83. The molecule has 86 valence electrons. The molecule has 1 atom stereocenters. The standard InChI is InChI=1S/C14H14N2O/c17-14-8-13(9-15-14)16-12-6-5-10-3-1-2-4-11(10)7-12/h1-7,13,16H,8-9H2,(H,15,17). The first-order valence-corrected chi connectivity index (χ1v) is 5.83. The van der Waals surface area contributed by atoms with Gasteiger partial charge in [0.2, 0.25) is 5.91 Å². The lowest BCUT2D eigenvalue weighted by Crippen LogP contribution is -2.22. The minimum Gasteiger partial charge on any atom is -0.380 e. The van der Waals surface area contributed by atoms with E-state index in [0.717, 1.165) is 5.69 Å². The van der Waals surface area contributed by atoms with Gasteiger partial charge < -0.3 is 10.6 Å². The summed E-state index contributed by atoms with van der Waals surface area (Å²) in [6.45, 7) is 0.714. The molecule has 1 amide bonds. The van der Waals surface area contributed by atoms with E-state index in [4.69, 9.17) is 0 Å². The maximum Gasteiger partial charge on any atom is 0.222 e. The Morgan fingerprint density at radius 3 is 2.71 bits per heavy atom. The highest BCUT2D eigenvalue weighted by Gasteiger charge is 2.20. The molecular weight excluding hydrogens is 212 g/mol. The van der Waals surface area contributed by atoms with Crippen LogP contribution in [0.5, 0.6) is 0 Å². The van der Waals surface area contributed by atoms with Crippen molar-refractivity contribution in [3.63, 3.8) is 0 Å². The third-order valence-electron chi connectivity index (χ3n) is 3.10. The molecule has 1 aliphatic heterocycles. The van der Waals surface area contributed by atoms with Crippen molar-refractivity contribution in [2.45, 2.75) is 12.5 Å². The maximum atomic E-state index is 11.1. The molecule has 3 rings (SSSR count). The number of anilines is 1. The van der Waals surface area contributed by atoms with E-state index >= 15 is 0 Å². The van der Waals surface area contributed by atoms with E-state index in [1.54, 1.807) is 0 Å². The van der Waals surface area contributed by atoms with E-state index in [0.29, 0.717) is 13.0 Å². The van der Waals surface area contributed by atoms with Gasteiger partial charge in [0.05, 0.1) is 6.04 Å². The molecule has 0 radical (unpaired) electrons. The number of benzene rings is 2. The van der Waals surface area contributed by atoms with Crippen LogP contribution in [-0.4, -0.2) is 18.5 Å². The fraction of sp³-hybridized carbons (Fsp3) is 0.214. The molecule has 0 aromatic heterocycles. The quantitative estimate of drug-likeness (QED) is 0.823. The topological polar surface area (TPSA) is 41.1 Å². The van der Waals surface area contributed by atoms with Gasteiger partial charge in [-0.15, -0.1) is 0 Å². The van der Waals surface area contributed by atoms with Crippen molar-refractivity contribution in [3.05, 3.63) is 42.5 Å². The van der Waals surface area contributed by atoms with Crippen molar-refractivity contribution in [1.82, 2.24) is 5.32 Å². The molecule has 1 aliphatic rings. The molecule has 0 aliphatic carbocycles. The molecule has 0 bridgehead atoms. The monoisotopic (exact) mass is 226 g/mol. The summed E-state index contributed by atoms with van der Waals surface area (Å²) < 4.78 is 0. The Labute approximate surface area is 99.8 Å². The summed E-state index contributed by atoms with van der Waals surface area (Å²) in [6, 6.07) is 14.8. The number of hydrogen-bond donors (Lipinski definition) is 2. The lowest BCUT2D eigenvalue weighted by molar-refractivity contribution is -0.119. The average molecular weight is 226 g/mol. The Hall–Kier alpha value is -2.03. The van der Waals surface area contributed by atoms with Crippen LogP contribution in [0, 0.1) is 0 Å². The Bertz CT molecular complexity index is 565. The summed E-state index contributed by atoms with van der Waals surface area (Å²) in [6.07, 6.45) is 0.562. The van der Waals surface area contributed by atoms with Crippen LogP contribution in [0.15, 0.2) is 42.5 Å². The van der Waals surface area contributed by atoms with Gasteiger partial charge in [0.1, 0.15) is 0 Å². The molecule has 17 heavy (non-hydrogen) atoms. The van der Waals surface area contributed by atoms with Crippen molar-refractivity contribution in [2.24, 2.45) is 0 Å². The normalized spacial score (nSPS) is 19.3. The van der Waals surface area contributed by atoms with Gasteiger partial charge in [-0.3, -0.25) is 4.79 Å². The zero-order valence-electron chi connectivity index (χ0n) is 9.44. The van der Waals surface area contributed by atoms with Crippen LogP contribution in [-0.2, 0) is 4.79 Å². The van der Waals surface area contributed by atoms with Gasteiger partial charge >= 0.3 is 0 Å². The lowest BCUT2D eigenvalue weighted by atomic mass is 10.1. The largest absolute Gasteiger partial charge is 0.380 e. The number of carbonyl (C=O) groups is 1. The second-order valence-corrected chi connectivity index (χ2v) is 4.41. The highest BCUT2D eigenvalue weighted by molar-refractivity contribution is 5.86. The van der Waals surface area contributed by atoms with Gasteiger partial charge in [-0.25, -0.2) is 0 Å². The Balaban J connectivity index is 1.83. The minimum absolute atomic E-state index is 0.128. The molecule has 0 saturated carbocycles. The second-order valence-electron chi connectivity index (χ2n) is 4.41. The van der Waals surface area contributed by atoms with Crippen LogP contribution in [0.1, 0.15) is 6.42 Å². The van der Waals surface area contributed by atoms with Gasteiger partial charge in [-0.1, -0.05) is 30.3 Å². The molecule has 1 fully saturated rings. The van der Waals surface area contributed by atoms with Crippen LogP contribution in [0.2, 0.25) is 0 Å². The van der Waals surface area contributed by atoms with Crippen LogP contribution in [0.3, 0.4) is 0 Å². The fourth-order valence-corrected chi connectivity index (χ4v) is 2.22. The number of hydrogen-bond acceptors (Lipinski definition) is 2. The summed E-state index contributed by atoms with van der Waals surface area (Å²) in [7, 11) is 0. The van der Waals surface area contributed by atoms with Crippen molar-refractivity contribution < 1.29 is 4.79 Å². The van der Waals surface area contributed by atoms with E-state index in [2.05, 4.69) is 41.0 Å². The molecule has 3 nitrogen and oxygen atoms in total. The van der Waals surface area contributed by atoms with E-state index < -0.39 is 0 Å². The van der Waals surface area contributed by atoms with Crippen molar-refractivity contribution in [2.75, 3.05) is 11.9 Å². The van der Waals surface area contributed by atoms with Gasteiger partial charge in [0, 0.05) is 18.7 Å². The highest BCUT2D eigenvalue weighted by atomic mass is 16.1. The summed E-state index contributed by atoms with van der Waals surface area (Å²) in [4.78, 5) is 11.1. The second kappa shape index (κ2) is 4.09. The third-order valence-corrected chi connectivity index (χ3v) is 3.10. The van der Waals surface area contributed by atoms with Crippen LogP contribution in [0.4, 0.5) is 5.69 Å². The van der Waals surface area contributed by atoms with Crippen molar-refractivity contribution >= 4 is 22.4 Å². The number of nitrogens with one attached hydrogen (secondary N) is 2. The number of fused-ring (bicyclic) bond motifs is 1. The Morgan fingerprint density at radius 2 is 1.94 bits per heavy atom. The number of carbonyl (C=O) groups excluding carboxylic acids is 1. The highest BCUT2D eigenvalue weighted by Crippen LogP contribution is 2.20. The predicted molar refractivity (Wildman–Crippen MR) is 69.0 cm³/mol. The number of rotatable bonds is 2. The molecule has 1 heterocycles. The van der Waals surface area contributed by atoms with Gasteiger partial charge in [0.15, 0.2) is 0 Å². The molecule has 3 heteroatoms. The molecule has 2 aromatic rings. The first kappa shape index (κ1) is 10.1. The van der Waals surface area contributed by atoms with Crippen LogP contribution < -0.4 is 10.6 Å². The van der Waals surface area contributed by atoms with Crippen LogP contribution in [0.25, 0.3) is 10.8 Å². The van der Waals surface area contributed by atoms with Gasteiger partial charge in [-0.05, 0) is 22.9 Å². The summed E-state index contributed by atoms with van der Waals surface area (Å²) >= 11 is 0. The first-order chi connectivity index (χ1) is 8.31. The average Bonchev–Trinajstić information content (AvgIpc) is 2.75. The van der Waals surface area contributed by atoms with E-state index in [9.17, 15) is 4.79 Å². The minimum atomic E-state index is 0.128. The van der Waals surface area contributed by atoms with Gasteiger partial charge in [-0.2, -0.15) is 0 Å². The lowest BCUT2D eigenvalue weighted by Gasteiger charge is -2.12. The number of amides is 1. The Kier molecular flexibility index (Phi) is 2.44. The van der Waals surface area contributed by atoms with Crippen molar-refractivity contribution in [1.29, 1.82) is 0 Å². The zero-order chi connectivity index (χ0) is 11.7. The molecular formula is C14H14N2O. The smallest absolute Gasteiger partial charge is 0.222 e. The Morgan fingerprint density at radius 1 is 1.12 bits per heavy atom. The van der Waals surface area contributed by atoms with Gasteiger partial charge in [0.25, 0.3) is 0 Å². The zero-order valence-corrected chi connectivity index (χ0v) is 9.44.